The van der Waals surface area contributed by atoms with E-state index in [-0.39, 0.29) is 29.3 Å². The Morgan fingerprint density at radius 1 is 1.22 bits per heavy atom. The van der Waals surface area contributed by atoms with Gasteiger partial charge in [0.25, 0.3) is 0 Å². The van der Waals surface area contributed by atoms with E-state index in [9.17, 15) is 4.79 Å². The van der Waals surface area contributed by atoms with Crippen LogP contribution in [0.1, 0.15) is 54.9 Å². The standard InChI is InChI=1S/C17H36N2O3Si/c1-12(18)14-10-13(22-23(8,9)17(5,6)7)11-19(14)15(20)21-16(2,3)4/h12-14H,10-11,18H2,1-9H3/t12-,13+,14-/m0/s1. The minimum absolute atomic E-state index is 0.0281. The second-order valence-corrected chi connectivity index (χ2v) is 14.1. The van der Waals surface area contributed by atoms with Crippen LogP contribution >= 0.6 is 0 Å². The number of carbonyl (C=O) groups is 1. The number of hydrogen-bond donors (Lipinski definition) is 1. The molecule has 0 aromatic rings. The molecule has 0 spiro atoms. The molecule has 6 heteroatoms. The van der Waals surface area contributed by atoms with Gasteiger partial charge < -0.3 is 19.8 Å². The van der Waals surface area contributed by atoms with E-state index in [2.05, 4.69) is 33.9 Å². The number of amides is 1. The van der Waals surface area contributed by atoms with Crippen molar-refractivity contribution < 1.29 is 14.0 Å². The van der Waals surface area contributed by atoms with Gasteiger partial charge in [-0.2, -0.15) is 0 Å². The average Bonchev–Trinajstić information content (AvgIpc) is 2.68. The molecule has 1 rings (SSSR count). The van der Waals surface area contributed by atoms with Gasteiger partial charge in [-0.1, -0.05) is 20.8 Å². The van der Waals surface area contributed by atoms with Gasteiger partial charge >= 0.3 is 6.09 Å². The zero-order chi connectivity index (χ0) is 18.2. The van der Waals surface area contributed by atoms with Crippen molar-refractivity contribution in [1.82, 2.24) is 4.90 Å². The number of nitrogens with zero attached hydrogens (tertiary/aromatic N) is 1. The van der Waals surface area contributed by atoms with E-state index < -0.39 is 13.9 Å². The predicted octanol–water partition coefficient (Wildman–Crippen LogP) is 3.73. The Morgan fingerprint density at radius 3 is 2.13 bits per heavy atom. The summed E-state index contributed by atoms with van der Waals surface area (Å²) < 4.78 is 12.0. The fourth-order valence-electron chi connectivity index (χ4n) is 2.53. The average molecular weight is 345 g/mol. The van der Waals surface area contributed by atoms with Crippen molar-refractivity contribution in [2.45, 2.75) is 96.8 Å². The van der Waals surface area contributed by atoms with Crippen LogP contribution in [0.15, 0.2) is 0 Å². The smallest absolute Gasteiger partial charge is 0.410 e. The highest BCUT2D eigenvalue weighted by Crippen LogP contribution is 2.39. The predicted molar refractivity (Wildman–Crippen MR) is 97.1 cm³/mol. The lowest BCUT2D eigenvalue weighted by Crippen LogP contribution is -2.47. The molecule has 5 nitrogen and oxygen atoms in total. The molecule has 0 bridgehead atoms. The first-order valence-corrected chi connectivity index (χ1v) is 11.5. The summed E-state index contributed by atoms with van der Waals surface area (Å²) in [5.41, 5.74) is 5.61. The van der Waals surface area contributed by atoms with Crippen LogP contribution < -0.4 is 5.73 Å². The van der Waals surface area contributed by atoms with Crippen molar-refractivity contribution in [3.63, 3.8) is 0 Å². The topological polar surface area (TPSA) is 64.8 Å². The van der Waals surface area contributed by atoms with Gasteiger partial charge in [-0.25, -0.2) is 4.79 Å². The van der Waals surface area contributed by atoms with Crippen molar-refractivity contribution in [2.75, 3.05) is 6.54 Å². The third-order valence-electron chi connectivity index (χ3n) is 4.81. The molecule has 2 N–H and O–H groups in total. The van der Waals surface area contributed by atoms with Gasteiger partial charge in [0.2, 0.25) is 0 Å². The van der Waals surface area contributed by atoms with Crippen LogP contribution in [0.4, 0.5) is 4.79 Å². The maximum atomic E-state index is 12.5. The molecule has 1 heterocycles. The lowest BCUT2D eigenvalue weighted by atomic mass is 10.1. The van der Waals surface area contributed by atoms with E-state index in [1.807, 2.05) is 27.7 Å². The summed E-state index contributed by atoms with van der Waals surface area (Å²) in [5, 5.41) is 0.149. The third-order valence-corrected chi connectivity index (χ3v) is 9.34. The first-order chi connectivity index (χ1) is 10.1. The highest BCUT2D eigenvalue weighted by molar-refractivity contribution is 6.74. The number of likely N-dealkylation sites (tertiary alicyclic amines) is 1. The van der Waals surface area contributed by atoms with Crippen LogP contribution in [0.2, 0.25) is 18.1 Å². The Morgan fingerprint density at radius 2 is 1.74 bits per heavy atom. The normalized spacial score (nSPS) is 24.7. The van der Waals surface area contributed by atoms with E-state index in [1.54, 1.807) is 4.90 Å². The number of ether oxygens (including phenoxy) is 1. The summed E-state index contributed by atoms with van der Waals surface area (Å²) in [6.45, 7) is 19.3. The van der Waals surface area contributed by atoms with Crippen molar-refractivity contribution in [2.24, 2.45) is 5.73 Å². The lowest BCUT2D eigenvalue weighted by Gasteiger charge is -2.38. The zero-order valence-corrected chi connectivity index (χ0v) is 17.4. The van der Waals surface area contributed by atoms with Gasteiger partial charge in [0.1, 0.15) is 5.60 Å². The van der Waals surface area contributed by atoms with Crippen LogP contribution in [0.5, 0.6) is 0 Å². The molecular formula is C17H36N2O3Si. The van der Waals surface area contributed by atoms with Crippen LogP contribution in [0, 0.1) is 0 Å². The molecule has 0 saturated carbocycles. The third kappa shape index (κ3) is 5.47. The fraction of sp³-hybridized carbons (Fsp3) is 0.941. The van der Waals surface area contributed by atoms with Crippen LogP contribution in [0.25, 0.3) is 0 Å². The fourth-order valence-corrected chi connectivity index (χ4v) is 3.89. The summed E-state index contributed by atoms with van der Waals surface area (Å²) in [6.07, 6.45) is 0.532. The molecule has 0 aromatic heterocycles. The molecule has 1 amide bonds. The minimum Gasteiger partial charge on any atom is -0.444 e. The quantitative estimate of drug-likeness (QED) is 0.792. The Hall–Kier alpha value is -0.593. The van der Waals surface area contributed by atoms with Crippen LogP contribution in [-0.4, -0.2) is 49.6 Å². The highest BCUT2D eigenvalue weighted by Gasteiger charge is 2.45. The lowest BCUT2D eigenvalue weighted by molar-refractivity contribution is 0.0196. The summed E-state index contributed by atoms with van der Waals surface area (Å²) in [6, 6.07) is -0.129. The maximum absolute atomic E-state index is 12.5. The number of carbonyl (C=O) groups excluding carboxylic acids is 1. The molecule has 0 aliphatic carbocycles. The first-order valence-electron chi connectivity index (χ1n) is 8.57. The number of nitrogens with two attached hydrogens (primary N) is 1. The molecule has 1 aliphatic rings. The van der Waals surface area contributed by atoms with Gasteiger partial charge in [-0.3, -0.25) is 0 Å². The molecule has 3 atom stereocenters. The second kappa shape index (κ2) is 6.73. The molecule has 1 saturated heterocycles. The van der Waals surface area contributed by atoms with E-state index in [4.69, 9.17) is 14.9 Å². The van der Waals surface area contributed by atoms with E-state index in [0.29, 0.717) is 6.54 Å². The van der Waals surface area contributed by atoms with Gasteiger partial charge in [-0.15, -0.1) is 0 Å². The highest BCUT2D eigenvalue weighted by atomic mass is 28.4. The van der Waals surface area contributed by atoms with Crippen LogP contribution in [-0.2, 0) is 9.16 Å². The molecule has 1 aliphatic heterocycles. The monoisotopic (exact) mass is 344 g/mol. The van der Waals surface area contributed by atoms with Gasteiger partial charge in [0.05, 0.1) is 12.1 Å². The molecule has 0 unspecified atom stereocenters. The molecule has 136 valence electrons. The molecule has 1 fully saturated rings. The van der Waals surface area contributed by atoms with Crippen LogP contribution in [0.3, 0.4) is 0 Å². The zero-order valence-electron chi connectivity index (χ0n) is 16.4. The van der Waals surface area contributed by atoms with Gasteiger partial charge in [0.15, 0.2) is 8.32 Å². The Bertz CT molecular complexity index is 425. The SMILES string of the molecule is C[C@H](N)[C@@H]1C[C@@H](O[Si](C)(C)C(C)(C)C)CN1C(=O)OC(C)(C)C. The second-order valence-electron chi connectivity index (χ2n) is 9.30. The van der Waals surface area contributed by atoms with E-state index in [1.165, 1.54) is 0 Å². The number of rotatable bonds is 3. The first kappa shape index (κ1) is 20.5. The van der Waals surface area contributed by atoms with Gasteiger partial charge in [-0.05, 0) is 52.2 Å². The van der Waals surface area contributed by atoms with Crippen molar-refractivity contribution in [3.05, 3.63) is 0 Å². The van der Waals surface area contributed by atoms with E-state index in [0.717, 1.165) is 6.42 Å². The van der Waals surface area contributed by atoms with Crippen molar-refractivity contribution in [1.29, 1.82) is 0 Å². The summed E-state index contributed by atoms with van der Waals surface area (Å²) in [5.74, 6) is 0. The molecule has 23 heavy (non-hydrogen) atoms. The summed E-state index contributed by atoms with van der Waals surface area (Å²) >= 11 is 0. The van der Waals surface area contributed by atoms with Crippen molar-refractivity contribution in [3.8, 4) is 0 Å². The minimum atomic E-state index is -1.87. The Labute approximate surface area is 143 Å². The summed E-state index contributed by atoms with van der Waals surface area (Å²) in [4.78, 5) is 14.2. The molecule has 0 radical (unpaired) electrons. The Kier molecular flexibility index (Phi) is 5.98. The largest absolute Gasteiger partial charge is 0.444 e. The number of hydrogen-bond acceptors (Lipinski definition) is 4. The van der Waals surface area contributed by atoms with Crippen molar-refractivity contribution >= 4 is 14.4 Å². The Balaban J connectivity index is 2.84. The molecular weight excluding hydrogens is 308 g/mol. The van der Waals surface area contributed by atoms with Gasteiger partial charge in [0, 0.05) is 12.6 Å². The summed E-state index contributed by atoms with van der Waals surface area (Å²) in [7, 11) is -1.87. The van der Waals surface area contributed by atoms with E-state index >= 15 is 0 Å². The molecule has 0 aromatic carbocycles. The maximum Gasteiger partial charge on any atom is 0.410 e.